The van der Waals surface area contributed by atoms with E-state index in [-0.39, 0.29) is 18.0 Å². The predicted molar refractivity (Wildman–Crippen MR) is 69.8 cm³/mol. The van der Waals surface area contributed by atoms with E-state index in [0.717, 1.165) is 6.54 Å². The molecule has 2 saturated heterocycles. The number of urea groups is 1. The molecule has 0 radical (unpaired) electrons. The minimum absolute atomic E-state index is 0.00248. The highest BCUT2D eigenvalue weighted by Crippen LogP contribution is 2.08. The number of ether oxygens (including phenoxy) is 1. The molecule has 1 N–H and O–H groups in total. The molecule has 1 unspecified atom stereocenters. The van der Waals surface area contributed by atoms with E-state index in [1.807, 2.05) is 0 Å². The summed E-state index contributed by atoms with van der Waals surface area (Å²) in [5.74, 6) is 0.0316. The number of carbonyl (C=O) groups is 2. The van der Waals surface area contributed by atoms with Gasteiger partial charge in [-0.15, -0.1) is 0 Å². The summed E-state index contributed by atoms with van der Waals surface area (Å²) < 4.78 is 5.46. The number of morpholine rings is 1. The molecule has 3 amide bonds. The Hall–Kier alpha value is -1.34. The molecular formula is C12H22N4O3. The van der Waals surface area contributed by atoms with Crippen molar-refractivity contribution in [3.8, 4) is 0 Å². The van der Waals surface area contributed by atoms with Crippen molar-refractivity contribution >= 4 is 11.9 Å². The van der Waals surface area contributed by atoms with Crippen molar-refractivity contribution in [3.63, 3.8) is 0 Å². The molecule has 0 bridgehead atoms. The Morgan fingerprint density at radius 1 is 1.16 bits per heavy atom. The first-order chi connectivity index (χ1) is 9.09. The van der Waals surface area contributed by atoms with E-state index < -0.39 is 0 Å². The third-order valence-electron chi connectivity index (χ3n) is 3.45. The maximum atomic E-state index is 12.2. The Labute approximate surface area is 113 Å². The number of amides is 3. The number of carbonyl (C=O) groups excluding carboxylic acids is 2. The zero-order valence-electron chi connectivity index (χ0n) is 11.6. The number of piperazine rings is 1. The summed E-state index contributed by atoms with van der Waals surface area (Å²) in [4.78, 5) is 29.1. The minimum Gasteiger partial charge on any atom is -0.366 e. The molecule has 2 fully saturated rings. The highest BCUT2D eigenvalue weighted by molar-refractivity contribution is 5.82. The molecular weight excluding hydrogens is 248 g/mol. The summed E-state index contributed by atoms with van der Waals surface area (Å²) in [5, 5.41) is 3.15. The van der Waals surface area contributed by atoms with Crippen molar-refractivity contribution in [2.24, 2.45) is 0 Å². The number of hydrogen-bond acceptors (Lipinski definition) is 4. The van der Waals surface area contributed by atoms with Gasteiger partial charge < -0.3 is 24.8 Å². The van der Waals surface area contributed by atoms with Gasteiger partial charge in [0.25, 0.3) is 5.91 Å². The maximum Gasteiger partial charge on any atom is 0.319 e. The molecule has 19 heavy (non-hydrogen) atoms. The normalized spacial score (nSPS) is 24.2. The highest BCUT2D eigenvalue weighted by atomic mass is 16.5. The quantitative estimate of drug-likeness (QED) is 0.650. The Morgan fingerprint density at radius 2 is 1.79 bits per heavy atom. The lowest BCUT2D eigenvalue weighted by Crippen LogP contribution is -2.57. The van der Waals surface area contributed by atoms with Gasteiger partial charge in [-0.2, -0.15) is 0 Å². The molecule has 7 heteroatoms. The third-order valence-corrected chi connectivity index (χ3v) is 3.45. The van der Waals surface area contributed by atoms with Crippen molar-refractivity contribution in [2.75, 3.05) is 60.0 Å². The molecule has 2 aliphatic heterocycles. The van der Waals surface area contributed by atoms with Crippen molar-refractivity contribution in [1.82, 2.24) is 20.0 Å². The second-order valence-corrected chi connectivity index (χ2v) is 5.05. The van der Waals surface area contributed by atoms with Crippen LogP contribution in [-0.4, -0.2) is 92.7 Å². The van der Waals surface area contributed by atoms with Crippen LogP contribution in [0.15, 0.2) is 0 Å². The van der Waals surface area contributed by atoms with Crippen molar-refractivity contribution in [2.45, 2.75) is 6.10 Å². The van der Waals surface area contributed by atoms with E-state index in [2.05, 4.69) is 5.32 Å². The van der Waals surface area contributed by atoms with Crippen molar-refractivity contribution in [3.05, 3.63) is 0 Å². The van der Waals surface area contributed by atoms with Crippen LogP contribution in [0.5, 0.6) is 0 Å². The minimum atomic E-state index is -0.371. The van der Waals surface area contributed by atoms with Crippen LogP contribution < -0.4 is 5.32 Å². The average molecular weight is 270 g/mol. The molecule has 0 spiro atoms. The summed E-state index contributed by atoms with van der Waals surface area (Å²) in [6.45, 7) is 4.29. The molecule has 0 aromatic heterocycles. The highest BCUT2D eigenvalue weighted by Gasteiger charge is 2.30. The zero-order chi connectivity index (χ0) is 13.8. The topological polar surface area (TPSA) is 65.1 Å². The molecule has 0 aromatic rings. The Morgan fingerprint density at radius 3 is 2.32 bits per heavy atom. The molecule has 108 valence electrons. The first-order valence-electron chi connectivity index (χ1n) is 6.67. The molecule has 2 aliphatic rings. The zero-order valence-corrected chi connectivity index (χ0v) is 11.6. The Balaban J connectivity index is 1.82. The fourth-order valence-corrected chi connectivity index (χ4v) is 2.33. The smallest absolute Gasteiger partial charge is 0.319 e. The van der Waals surface area contributed by atoms with E-state index in [0.29, 0.717) is 39.3 Å². The van der Waals surface area contributed by atoms with E-state index in [9.17, 15) is 9.59 Å². The monoisotopic (exact) mass is 270 g/mol. The third kappa shape index (κ3) is 3.36. The van der Waals surface area contributed by atoms with Crippen LogP contribution in [0.1, 0.15) is 0 Å². The van der Waals surface area contributed by atoms with Crippen LogP contribution >= 0.6 is 0 Å². The molecule has 2 rings (SSSR count). The Bertz CT molecular complexity index is 334. The van der Waals surface area contributed by atoms with Gasteiger partial charge in [0.2, 0.25) is 0 Å². The lowest BCUT2D eigenvalue weighted by molar-refractivity contribution is -0.146. The molecule has 0 aliphatic carbocycles. The fraction of sp³-hybridized carbons (Fsp3) is 0.833. The number of nitrogens with one attached hydrogen (secondary N) is 1. The second kappa shape index (κ2) is 6.21. The molecule has 0 saturated carbocycles. The van der Waals surface area contributed by atoms with E-state index in [1.54, 1.807) is 28.8 Å². The number of rotatable bonds is 1. The van der Waals surface area contributed by atoms with Crippen molar-refractivity contribution < 1.29 is 14.3 Å². The van der Waals surface area contributed by atoms with Gasteiger partial charge in [0.05, 0.1) is 6.61 Å². The summed E-state index contributed by atoms with van der Waals surface area (Å²) in [6.07, 6.45) is -0.371. The largest absolute Gasteiger partial charge is 0.366 e. The number of nitrogens with zero attached hydrogens (tertiary/aromatic N) is 3. The van der Waals surface area contributed by atoms with Crippen LogP contribution in [-0.2, 0) is 9.53 Å². The van der Waals surface area contributed by atoms with Gasteiger partial charge in [0, 0.05) is 53.4 Å². The van der Waals surface area contributed by atoms with Gasteiger partial charge in [-0.05, 0) is 0 Å². The van der Waals surface area contributed by atoms with Gasteiger partial charge in [0.1, 0.15) is 6.10 Å². The van der Waals surface area contributed by atoms with Gasteiger partial charge >= 0.3 is 6.03 Å². The van der Waals surface area contributed by atoms with Gasteiger partial charge in [-0.1, -0.05) is 0 Å². The van der Waals surface area contributed by atoms with Crippen LogP contribution in [0.4, 0.5) is 4.79 Å². The Kier molecular flexibility index (Phi) is 4.60. The summed E-state index contributed by atoms with van der Waals surface area (Å²) in [5.41, 5.74) is 0. The van der Waals surface area contributed by atoms with Gasteiger partial charge in [-0.3, -0.25) is 4.79 Å². The summed E-state index contributed by atoms with van der Waals surface area (Å²) in [7, 11) is 3.47. The fourth-order valence-electron chi connectivity index (χ4n) is 2.33. The van der Waals surface area contributed by atoms with Crippen LogP contribution in [0.2, 0.25) is 0 Å². The van der Waals surface area contributed by atoms with Gasteiger partial charge in [0.15, 0.2) is 0 Å². The SMILES string of the molecule is CN(C)C(=O)N1CCN(C(=O)C2CNCCO2)CC1. The molecule has 1 atom stereocenters. The molecule has 0 aromatic carbocycles. The molecule has 7 nitrogen and oxygen atoms in total. The summed E-state index contributed by atoms with van der Waals surface area (Å²) >= 11 is 0. The van der Waals surface area contributed by atoms with Crippen LogP contribution in [0.3, 0.4) is 0 Å². The average Bonchev–Trinajstić information content (AvgIpc) is 2.46. The second-order valence-electron chi connectivity index (χ2n) is 5.05. The van der Waals surface area contributed by atoms with Crippen LogP contribution in [0.25, 0.3) is 0 Å². The number of hydrogen-bond donors (Lipinski definition) is 1. The van der Waals surface area contributed by atoms with E-state index in [4.69, 9.17) is 4.74 Å². The van der Waals surface area contributed by atoms with Crippen LogP contribution in [0, 0.1) is 0 Å². The van der Waals surface area contributed by atoms with E-state index in [1.165, 1.54) is 0 Å². The first-order valence-corrected chi connectivity index (χ1v) is 6.67. The molecule has 2 heterocycles. The van der Waals surface area contributed by atoms with Crippen molar-refractivity contribution in [1.29, 1.82) is 0 Å². The first kappa shape index (κ1) is 14.1. The van der Waals surface area contributed by atoms with Gasteiger partial charge in [-0.25, -0.2) is 4.79 Å². The predicted octanol–water partition coefficient (Wildman–Crippen LogP) is -1.20. The van der Waals surface area contributed by atoms with E-state index >= 15 is 0 Å². The maximum absolute atomic E-state index is 12.2. The lowest BCUT2D eigenvalue weighted by atomic mass is 10.2. The lowest BCUT2D eigenvalue weighted by Gasteiger charge is -2.37. The standard InChI is InChI=1S/C12H22N4O3/c1-14(2)12(18)16-6-4-15(5-7-16)11(17)10-9-13-3-8-19-10/h10,13H,3-9H2,1-2H3. The summed E-state index contributed by atoms with van der Waals surface area (Å²) in [6, 6.07) is 0.00248.